The monoisotopic (exact) mass is 472 g/mol. The maximum Gasteiger partial charge on any atom is 0.270 e. The molecule has 1 saturated carbocycles. The number of nitrogens with zero attached hydrogens (tertiary/aromatic N) is 5. The number of rotatable bonds is 5. The van der Waals surface area contributed by atoms with Gasteiger partial charge in [-0.15, -0.1) is 0 Å². The SMILES string of the molecule is CC1CCC(NC(=O)c2cc(C(C)(C)C#N)ccn2)CC1c1cnc(N2CCOCC2)c(C#N)c1. The van der Waals surface area contributed by atoms with Gasteiger partial charge in [0.05, 0.1) is 30.3 Å². The smallest absolute Gasteiger partial charge is 0.270 e. The third-order valence-electron chi connectivity index (χ3n) is 7.27. The molecule has 2 fully saturated rings. The van der Waals surface area contributed by atoms with Crippen molar-refractivity contribution in [3.63, 3.8) is 0 Å². The zero-order valence-corrected chi connectivity index (χ0v) is 20.6. The van der Waals surface area contributed by atoms with Crippen LogP contribution in [0.5, 0.6) is 0 Å². The maximum atomic E-state index is 13.0. The van der Waals surface area contributed by atoms with Crippen LogP contribution in [0.4, 0.5) is 5.82 Å². The van der Waals surface area contributed by atoms with Crippen LogP contribution in [0.2, 0.25) is 0 Å². The molecular weight excluding hydrogens is 440 g/mol. The molecule has 2 aromatic heterocycles. The minimum atomic E-state index is -0.692. The first-order valence-corrected chi connectivity index (χ1v) is 12.2. The minimum Gasteiger partial charge on any atom is -0.378 e. The Labute approximate surface area is 206 Å². The molecule has 2 aromatic rings. The first-order chi connectivity index (χ1) is 16.8. The lowest BCUT2D eigenvalue weighted by Gasteiger charge is -2.35. The second kappa shape index (κ2) is 10.4. The summed E-state index contributed by atoms with van der Waals surface area (Å²) in [7, 11) is 0. The molecule has 182 valence electrons. The van der Waals surface area contributed by atoms with Crippen LogP contribution in [-0.2, 0) is 10.2 Å². The van der Waals surface area contributed by atoms with E-state index in [0.717, 1.165) is 49.3 Å². The van der Waals surface area contributed by atoms with Crippen LogP contribution in [-0.4, -0.2) is 48.2 Å². The van der Waals surface area contributed by atoms with Gasteiger partial charge >= 0.3 is 0 Å². The molecule has 1 saturated heterocycles. The topological polar surface area (TPSA) is 115 Å². The van der Waals surface area contributed by atoms with Crippen LogP contribution in [0.1, 0.15) is 73.1 Å². The normalized spacial score (nSPS) is 22.7. The Morgan fingerprint density at radius 3 is 2.69 bits per heavy atom. The molecule has 0 radical (unpaired) electrons. The number of pyridine rings is 2. The van der Waals surface area contributed by atoms with Crippen molar-refractivity contribution in [1.82, 2.24) is 15.3 Å². The average Bonchev–Trinajstić information content (AvgIpc) is 2.90. The van der Waals surface area contributed by atoms with Gasteiger partial charge in [0.2, 0.25) is 0 Å². The van der Waals surface area contributed by atoms with Crippen LogP contribution in [0.25, 0.3) is 0 Å². The highest BCUT2D eigenvalue weighted by molar-refractivity contribution is 5.92. The van der Waals surface area contributed by atoms with Gasteiger partial charge in [-0.05, 0) is 74.3 Å². The quantitative estimate of drug-likeness (QED) is 0.706. The summed E-state index contributed by atoms with van der Waals surface area (Å²) < 4.78 is 5.43. The highest BCUT2D eigenvalue weighted by Crippen LogP contribution is 2.38. The number of hydrogen-bond acceptors (Lipinski definition) is 7. The van der Waals surface area contributed by atoms with Gasteiger partial charge in [0, 0.05) is 31.5 Å². The fourth-order valence-corrected chi connectivity index (χ4v) is 4.97. The van der Waals surface area contributed by atoms with Crippen molar-refractivity contribution in [2.24, 2.45) is 5.92 Å². The lowest BCUT2D eigenvalue weighted by atomic mass is 9.74. The highest BCUT2D eigenvalue weighted by atomic mass is 16.5. The van der Waals surface area contributed by atoms with Gasteiger partial charge in [0.15, 0.2) is 0 Å². The Morgan fingerprint density at radius 1 is 1.20 bits per heavy atom. The number of morpholine rings is 1. The molecule has 3 unspecified atom stereocenters. The largest absolute Gasteiger partial charge is 0.378 e. The van der Waals surface area contributed by atoms with Crippen LogP contribution in [0.3, 0.4) is 0 Å². The van der Waals surface area contributed by atoms with Crippen LogP contribution in [0.15, 0.2) is 30.6 Å². The second-order valence-corrected chi connectivity index (χ2v) is 10.1. The zero-order chi connectivity index (χ0) is 25.0. The predicted molar refractivity (Wildman–Crippen MR) is 132 cm³/mol. The molecule has 1 aliphatic heterocycles. The fourth-order valence-electron chi connectivity index (χ4n) is 4.97. The van der Waals surface area contributed by atoms with Gasteiger partial charge in [0.25, 0.3) is 5.91 Å². The van der Waals surface area contributed by atoms with Gasteiger partial charge in [-0.1, -0.05) is 6.92 Å². The van der Waals surface area contributed by atoms with E-state index in [1.807, 2.05) is 26.1 Å². The fraction of sp³-hybridized carbons (Fsp3) is 0.519. The standard InChI is InChI=1S/C27H32N6O2/c1-18-4-5-22(32-26(34)24-13-21(6-7-30-24)27(2,3)17-29)14-23(18)20-12-19(15-28)25(31-16-20)33-8-10-35-11-9-33/h6-7,12-13,16,18,22-23H,4-5,8-11,14H2,1-3H3,(H,32,34). The van der Waals surface area contributed by atoms with Crippen LogP contribution < -0.4 is 10.2 Å². The van der Waals surface area contributed by atoms with E-state index in [9.17, 15) is 15.3 Å². The summed E-state index contributed by atoms with van der Waals surface area (Å²) in [5, 5.41) is 22.4. The summed E-state index contributed by atoms with van der Waals surface area (Å²) in [5.41, 5.74) is 2.03. The third-order valence-corrected chi connectivity index (χ3v) is 7.27. The van der Waals surface area contributed by atoms with E-state index in [2.05, 4.69) is 39.2 Å². The Kier molecular flexibility index (Phi) is 7.33. The molecule has 2 aliphatic rings. The van der Waals surface area contributed by atoms with Gasteiger partial charge in [0.1, 0.15) is 17.6 Å². The second-order valence-electron chi connectivity index (χ2n) is 10.1. The van der Waals surface area contributed by atoms with Crippen molar-refractivity contribution in [3.8, 4) is 12.1 Å². The van der Waals surface area contributed by atoms with E-state index < -0.39 is 5.41 Å². The number of hydrogen-bond donors (Lipinski definition) is 1. The summed E-state index contributed by atoms with van der Waals surface area (Å²) in [5.74, 6) is 1.12. The zero-order valence-electron chi connectivity index (χ0n) is 20.6. The van der Waals surface area contributed by atoms with E-state index >= 15 is 0 Å². The molecule has 8 nitrogen and oxygen atoms in total. The summed E-state index contributed by atoms with van der Waals surface area (Å²) >= 11 is 0. The minimum absolute atomic E-state index is 0.00240. The molecule has 3 atom stereocenters. The van der Waals surface area contributed by atoms with Gasteiger partial charge in [-0.2, -0.15) is 10.5 Å². The van der Waals surface area contributed by atoms with Crippen molar-refractivity contribution in [1.29, 1.82) is 10.5 Å². The number of carbonyl (C=O) groups is 1. The Morgan fingerprint density at radius 2 is 1.97 bits per heavy atom. The lowest BCUT2D eigenvalue weighted by molar-refractivity contribution is 0.0913. The van der Waals surface area contributed by atoms with Crippen LogP contribution >= 0.6 is 0 Å². The van der Waals surface area contributed by atoms with Crippen molar-refractivity contribution >= 4 is 11.7 Å². The van der Waals surface area contributed by atoms with Crippen LogP contribution in [0, 0.1) is 28.6 Å². The Hall–Kier alpha value is -3.49. The summed E-state index contributed by atoms with van der Waals surface area (Å²) in [6, 6.07) is 10.1. The van der Waals surface area contributed by atoms with E-state index in [1.54, 1.807) is 18.3 Å². The number of ether oxygens (including phenoxy) is 1. The number of carbonyl (C=O) groups excluding carboxylic acids is 1. The molecule has 0 bridgehead atoms. The maximum absolute atomic E-state index is 13.0. The molecular formula is C27H32N6O2. The molecule has 1 N–H and O–H groups in total. The van der Waals surface area contributed by atoms with E-state index in [1.165, 1.54) is 0 Å². The molecule has 8 heteroatoms. The van der Waals surface area contributed by atoms with E-state index in [0.29, 0.717) is 30.4 Å². The van der Waals surface area contributed by atoms with Gasteiger partial charge < -0.3 is 15.0 Å². The van der Waals surface area contributed by atoms with E-state index in [-0.39, 0.29) is 17.9 Å². The first-order valence-electron chi connectivity index (χ1n) is 12.2. The number of amides is 1. The molecule has 0 aromatic carbocycles. The Bertz CT molecular complexity index is 1160. The summed E-state index contributed by atoms with van der Waals surface area (Å²) in [4.78, 5) is 24.0. The van der Waals surface area contributed by atoms with Gasteiger partial charge in [-0.3, -0.25) is 9.78 Å². The molecule has 1 amide bonds. The predicted octanol–water partition coefficient (Wildman–Crippen LogP) is 3.69. The summed E-state index contributed by atoms with van der Waals surface area (Å²) in [6.45, 7) is 8.61. The Balaban J connectivity index is 1.48. The number of nitriles is 2. The third kappa shape index (κ3) is 5.44. The number of nitrogens with one attached hydrogen (secondary N) is 1. The van der Waals surface area contributed by atoms with E-state index in [4.69, 9.17) is 4.74 Å². The van der Waals surface area contributed by atoms with Gasteiger partial charge in [-0.25, -0.2) is 4.98 Å². The number of aromatic nitrogens is 2. The van der Waals surface area contributed by atoms with Crippen molar-refractivity contribution in [3.05, 3.63) is 53.0 Å². The summed E-state index contributed by atoms with van der Waals surface area (Å²) in [6.07, 6.45) is 6.11. The van der Waals surface area contributed by atoms with Crippen molar-refractivity contribution in [2.75, 3.05) is 31.2 Å². The molecule has 35 heavy (non-hydrogen) atoms. The van der Waals surface area contributed by atoms with Crippen molar-refractivity contribution in [2.45, 2.75) is 57.4 Å². The average molecular weight is 473 g/mol. The lowest BCUT2D eigenvalue weighted by Crippen LogP contribution is -2.40. The van der Waals surface area contributed by atoms with Crippen molar-refractivity contribution < 1.29 is 9.53 Å². The molecule has 4 rings (SSSR count). The first kappa shape index (κ1) is 24.6. The molecule has 3 heterocycles. The highest BCUT2D eigenvalue weighted by Gasteiger charge is 2.31. The molecule has 1 aliphatic carbocycles. The molecule has 0 spiro atoms. The number of anilines is 1.